The number of methoxy groups -OCH3 is 1. The number of carbonyl (C=O) groups is 2. The molecule has 2 aliphatic rings. The predicted octanol–water partition coefficient (Wildman–Crippen LogP) is 3.58. The molecule has 4 atom stereocenters. The molecule has 1 aromatic rings. The van der Waals surface area contributed by atoms with Crippen LogP contribution in [0.4, 0.5) is 9.59 Å². The van der Waals surface area contributed by atoms with Crippen LogP contribution >= 0.6 is 11.6 Å². The third-order valence-corrected chi connectivity index (χ3v) is 7.22. The van der Waals surface area contributed by atoms with Crippen LogP contribution < -0.4 is 16.0 Å². The zero-order chi connectivity index (χ0) is 25.8. The summed E-state index contributed by atoms with van der Waals surface area (Å²) >= 11 is 6.27. The number of alkyl carbamates (subject to hydrolysis) is 1. The molecule has 0 bridgehead atoms. The molecule has 36 heavy (non-hydrogen) atoms. The van der Waals surface area contributed by atoms with E-state index in [1.165, 1.54) is 13.5 Å². The van der Waals surface area contributed by atoms with Crippen molar-refractivity contribution in [3.63, 3.8) is 0 Å². The van der Waals surface area contributed by atoms with Gasteiger partial charge in [0.05, 0.1) is 19.8 Å². The lowest BCUT2D eigenvalue weighted by Gasteiger charge is -2.37. The second-order valence-corrected chi connectivity index (χ2v) is 10.0. The number of carbonyl (C=O) groups excluding carboxylic acids is 2. The number of benzene rings is 1. The van der Waals surface area contributed by atoms with E-state index in [0.717, 1.165) is 51.0 Å². The lowest BCUT2D eigenvalue weighted by molar-refractivity contribution is -0.00851. The van der Waals surface area contributed by atoms with Gasteiger partial charge >= 0.3 is 12.1 Å². The Hall–Kier alpha value is -2.07. The first-order valence-corrected chi connectivity index (χ1v) is 13.3. The molecule has 2 fully saturated rings. The number of nitrogens with zero attached hydrogens (tertiary/aromatic N) is 1. The molecule has 0 aliphatic carbocycles. The SMILES string of the molecule is CN[C@@H](CNC(=O)N1CCC[C@H]([C@H](OCCNC(=O)OC)c2cccc(Cl)c2)C1)C[C@@H]1CCCOC1. The van der Waals surface area contributed by atoms with E-state index in [1.807, 2.05) is 36.2 Å². The van der Waals surface area contributed by atoms with Crippen molar-refractivity contribution in [2.24, 2.45) is 11.8 Å². The zero-order valence-corrected chi connectivity index (χ0v) is 22.2. The van der Waals surface area contributed by atoms with Gasteiger partial charge in [-0.2, -0.15) is 0 Å². The van der Waals surface area contributed by atoms with Crippen molar-refractivity contribution < 1.29 is 23.8 Å². The van der Waals surface area contributed by atoms with E-state index in [1.54, 1.807) is 0 Å². The molecule has 0 aromatic heterocycles. The summed E-state index contributed by atoms with van der Waals surface area (Å²) in [4.78, 5) is 26.3. The normalized spacial score (nSPS) is 21.9. The monoisotopic (exact) mass is 524 g/mol. The molecule has 0 unspecified atom stereocenters. The Labute approximate surface area is 219 Å². The van der Waals surface area contributed by atoms with Gasteiger partial charge in [-0.1, -0.05) is 23.7 Å². The number of hydrogen-bond acceptors (Lipinski definition) is 6. The number of likely N-dealkylation sites (tertiary alicyclic amines) is 1. The van der Waals surface area contributed by atoms with Crippen molar-refractivity contribution >= 4 is 23.7 Å². The maximum absolute atomic E-state index is 13.1. The number of urea groups is 1. The van der Waals surface area contributed by atoms with Gasteiger partial charge in [0.15, 0.2) is 0 Å². The lowest BCUT2D eigenvalue weighted by atomic mass is 9.88. The quantitative estimate of drug-likeness (QED) is 0.382. The highest BCUT2D eigenvalue weighted by molar-refractivity contribution is 6.30. The fourth-order valence-corrected chi connectivity index (χ4v) is 5.26. The van der Waals surface area contributed by atoms with Crippen molar-refractivity contribution in [3.05, 3.63) is 34.9 Å². The largest absolute Gasteiger partial charge is 0.453 e. The van der Waals surface area contributed by atoms with Gasteiger partial charge in [-0.05, 0) is 62.8 Å². The molecule has 3 N–H and O–H groups in total. The second kappa shape index (κ2) is 15.2. The van der Waals surface area contributed by atoms with E-state index >= 15 is 0 Å². The number of nitrogens with one attached hydrogen (secondary N) is 3. The van der Waals surface area contributed by atoms with Crippen LogP contribution in [-0.4, -0.2) is 83.2 Å². The molecule has 9 nitrogen and oxygen atoms in total. The van der Waals surface area contributed by atoms with Gasteiger partial charge < -0.3 is 35.1 Å². The Bertz CT molecular complexity index is 823. The highest BCUT2D eigenvalue weighted by Gasteiger charge is 2.31. The first-order chi connectivity index (χ1) is 17.5. The minimum Gasteiger partial charge on any atom is -0.453 e. The molecule has 0 radical (unpaired) electrons. The van der Waals surface area contributed by atoms with Crippen molar-refractivity contribution in [2.75, 3.05) is 60.2 Å². The Balaban J connectivity index is 1.56. The third kappa shape index (κ3) is 9.10. The molecule has 202 valence electrons. The Morgan fingerprint density at radius 1 is 1.25 bits per heavy atom. The molecule has 3 rings (SSSR count). The van der Waals surface area contributed by atoms with Gasteiger partial charge in [0.25, 0.3) is 0 Å². The summed E-state index contributed by atoms with van der Waals surface area (Å²) in [6.07, 6.45) is 4.38. The van der Waals surface area contributed by atoms with E-state index in [4.69, 9.17) is 21.1 Å². The summed E-state index contributed by atoms with van der Waals surface area (Å²) < 4.78 is 16.5. The molecular formula is C26H41ClN4O5. The van der Waals surface area contributed by atoms with E-state index in [-0.39, 0.29) is 24.1 Å². The summed E-state index contributed by atoms with van der Waals surface area (Å²) in [7, 11) is 3.27. The first kappa shape index (κ1) is 28.5. The average molecular weight is 525 g/mol. The van der Waals surface area contributed by atoms with E-state index < -0.39 is 6.09 Å². The number of rotatable bonds is 11. The summed E-state index contributed by atoms with van der Waals surface area (Å²) in [5.74, 6) is 0.650. The van der Waals surface area contributed by atoms with Crippen LogP contribution in [0.5, 0.6) is 0 Å². The number of ether oxygens (including phenoxy) is 3. The molecule has 2 aliphatic heterocycles. The highest BCUT2D eigenvalue weighted by atomic mass is 35.5. The number of piperidine rings is 1. The van der Waals surface area contributed by atoms with Crippen LogP contribution in [0.3, 0.4) is 0 Å². The standard InChI is InChI=1S/C26H41ClN4O5/c1-28-23(14-19-6-5-12-35-18-19)16-30-25(32)31-11-4-8-21(17-31)24(20-7-3-9-22(27)15-20)36-13-10-29-26(33)34-2/h3,7,9,15,19,21,23-24,28H,4-6,8,10-14,16-18H2,1-2H3,(H,29,33)(H,30,32)/t19-,21-,23+,24+/m0/s1. The minimum absolute atomic E-state index is 0.0444. The Kier molecular flexibility index (Phi) is 12.1. The number of hydrogen-bond donors (Lipinski definition) is 3. The molecule has 3 amide bonds. The highest BCUT2D eigenvalue weighted by Crippen LogP contribution is 2.34. The molecular weight excluding hydrogens is 484 g/mol. The van der Waals surface area contributed by atoms with Crippen molar-refractivity contribution in [1.29, 1.82) is 0 Å². The van der Waals surface area contributed by atoms with Gasteiger partial charge in [0.2, 0.25) is 0 Å². The molecule has 0 saturated carbocycles. The van der Waals surface area contributed by atoms with Crippen LogP contribution in [0.15, 0.2) is 24.3 Å². The molecule has 1 aromatic carbocycles. The molecule has 2 saturated heterocycles. The van der Waals surface area contributed by atoms with Crippen LogP contribution in [0.25, 0.3) is 0 Å². The minimum atomic E-state index is -0.491. The van der Waals surface area contributed by atoms with E-state index in [0.29, 0.717) is 37.2 Å². The maximum Gasteiger partial charge on any atom is 0.406 e. The van der Waals surface area contributed by atoms with Crippen molar-refractivity contribution in [1.82, 2.24) is 20.9 Å². The van der Waals surface area contributed by atoms with Crippen molar-refractivity contribution in [2.45, 2.75) is 44.2 Å². The molecule has 0 spiro atoms. The van der Waals surface area contributed by atoms with Crippen LogP contribution in [-0.2, 0) is 14.2 Å². The van der Waals surface area contributed by atoms with Gasteiger partial charge in [-0.3, -0.25) is 0 Å². The summed E-state index contributed by atoms with van der Waals surface area (Å²) in [5, 5.41) is 9.76. The van der Waals surface area contributed by atoms with E-state index in [9.17, 15) is 9.59 Å². The molecule has 10 heteroatoms. The summed E-state index contributed by atoms with van der Waals surface area (Å²) in [6.45, 7) is 4.21. The maximum atomic E-state index is 13.1. The smallest absolute Gasteiger partial charge is 0.406 e. The number of amides is 3. The predicted molar refractivity (Wildman–Crippen MR) is 139 cm³/mol. The lowest BCUT2D eigenvalue weighted by Crippen LogP contribution is -2.50. The number of halogens is 1. The Morgan fingerprint density at radius 3 is 2.83 bits per heavy atom. The van der Waals surface area contributed by atoms with Gasteiger partial charge in [0, 0.05) is 56.4 Å². The fourth-order valence-electron chi connectivity index (χ4n) is 5.06. The first-order valence-electron chi connectivity index (χ1n) is 13.0. The summed E-state index contributed by atoms with van der Waals surface area (Å²) in [6, 6.07) is 7.81. The second-order valence-electron chi connectivity index (χ2n) is 9.60. The van der Waals surface area contributed by atoms with Crippen LogP contribution in [0.1, 0.15) is 43.8 Å². The van der Waals surface area contributed by atoms with Crippen LogP contribution in [0.2, 0.25) is 5.02 Å². The van der Waals surface area contributed by atoms with E-state index in [2.05, 4.69) is 20.7 Å². The average Bonchev–Trinajstić information content (AvgIpc) is 2.91. The number of likely N-dealkylation sites (N-methyl/N-ethyl adjacent to an activating group) is 1. The van der Waals surface area contributed by atoms with Gasteiger partial charge in [-0.15, -0.1) is 0 Å². The zero-order valence-electron chi connectivity index (χ0n) is 21.5. The van der Waals surface area contributed by atoms with Crippen molar-refractivity contribution in [3.8, 4) is 0 Å². The molecule has 2 heterocycles. The topological polar surface area (TPSA) is 101 Å². The van der Waals surface area contributed by atoms with Crippen LogP contribution in [0, 0.1) is 11.8 Å². The van der Waals surface area contributed by atoms with Gasteiger partial charge in [0.1, 0.15) is 0 Å². The summed E-state index contributed by atoms with van der Waals surface area (Å²) in [5.41, 5.74) is 0.970. The van der Waals surface area contributed by atoms with Gasteiger partial charge in [-0.25, -0.2) is 9.59 Å². The third-order valence-electron chi connectivity index (χ3n) is 6.99. The fraction of sp³-hybridized carbons (Fsp3) is 0.692. The Morgan fingerprint density at radius 2 is 2.11 bits per heavy atom.